The highest BCUT2D eigenvalue weighted by molar-refractivity contribution is 9.10. The molecule has 1 aromatic carbocycles. The van der Waals surface area contributed by atoms with E-state index < -0.39 is 0 Å². The molecule has 5 heteroatoms. The smallest absolute Gasteiger partial charge is 0.0558 e. The number of aliphatic hydroxyl groups is 1. The fourth-order valence-electron chi connectivity index (χ4n) is 2.82. The van der Waals surface area contributed by atoms with Crippen molar-refractivity contribution < 1.29 is 5.11 Å². The lowest BCUT2D eigenvalue weighted by Crippen LogP contribution is -2.47. The molecule has 0 amide bonds. The summed E-state index contributed by atoms with van der Waals surface area (Å²) < 4.78 is 1.19. The number of aliphatic hydroxyl groups excluding tert-OH is 1. The van der Waals surface area contributed by atoms with Crippen LogP contribution in [0.4, 0.5) is 5.69 Å². The molecule has 1 saturated carbocycles. The van der Waals surface area contributed by atoms with Crippen LogP contribution in [0.1, 0.15) is 18.4 Å². The van der Waals surface area contributed by atoms with Crippen molar-refractivity contribution in [1.82, 2.24) is 10.2 Å². The first-order valence-corrected chi connectivity index (χ1v) is 8.65. The number of hydrogen-bond donors (Lipinski definition) is 2. The molecule has 3 rings (SSSR count). The average Bonchev–Trinajstić information content (AvgIpc) is 3.31. The lowest BCUT2D eigenvalue weighted by Gasteiger charge is -2.36. The van der Waals surface area contributed by atoms with Crippen LogP contribution in [0.3, 0.4) is 0 Å². The average molecular weight is 354 g/mol. The number of halogens is 1. The zero-order chi connectivity index (χ0) is 14.7. The molecule has 0 radical (unpaired) electrons. The van der Waals surface area contributed by atoms with Crippen LogP contribution in [0.15, 0.2) is 22.7 Å². The zero-order valence-corrected chi connectivity index (χ0v) is 14.0. The van der Waals surface area contributed by atoms with Gasteiger partial charge in [-0.15, -0.1) is 0 Å². The van der Waals surface area contributed by atoms with E-state index in [2.05, 4.69) is 49.2 Å². The normalized spacial score (nSPS) is 20.0. The summed E-state index contributed by atoms with van der Waals surface area (Å²) in [5, 5.41) is 12.6. The van der Waals surface area contributed by atoms with Gasteiger partial charge in [0.05, 0.1) is 12.3 Å². The van der Waals surface area contributed by atoms with Crippen molar-refractivity contribution in [2.24, 2.45) is 0 Å². The lowest BCUT2D eigenvalue weighted by atomic mass is 10.1. The van der Waals surface area contributed by atoms with Gasteiger partial charge in [-0.2, -0.15) is 0 Å². The molecular formula is C16H24BrN3O. The van der Waals surface area contributed by atoms with Gasteiger partial charge in [-0.3, -0.25) is 4.90 Å². The molecule has 0 aromatic heterocycles. The summed E-state index contributed by atoms with van der Waals surface area (Å²) >= 11 is 3.73. The topological polar surface area (TPSA) is 38.7 Å². The Labute approximate surface area is 135 Å². The van der Waals surface area contributed by atoms with E-state index >= 15 is 0 Å². The Balaban J connectivity index is 1.57. The van der Waals surface area contributed by atoms with Crippen molar-refractivity contribution in [1.29, 1.82) is 0 Å². The Morgan fingerprint density at radius 3 is 2.57 bits per heavy atom. The number of nitrogens with one attached hydrogen (secondary N) is 1. The maximum absolute atomic E-state index is 9.00. The number of anilines is 1. The van der Waals surface area contributed by atoms with Gasteiger partial charge in [0.1, 0.15) is 0 Å². The van der Waals surface area contributed by atoms with E-state index in [1.807, 2.05) is 0 Å². The maximum Gasteiger partial charge on any atom is 0.0558 e. The van der Waals surface area contributed by atoms with Gasteiger partial charge in [0.15, 0.2) is 0 Å². The second-order valence-electron chi connectivity index (χ2n) is 5.99. The third kappa shape index (κ3) is 4.19. The molecule has 2 N–H and O–H groups in total. The highest BCUT2D eigenvalue weighted by atomic mass is 79.9. The van der Waals surface area contributed by atoms with E-state index in [4.69, 9.17) is 5.11 Å². The third-order valence-electron chi connectivity index (χ3n) is 4.31. The standard InChI is InChI=1S/C16H24BrN3O/c17-15-11-13(12-18-14-2-3-14)1-4-16(15)20-7-5-19(6-8-20)9-10-21/h1,4,11,14,18,21H,2-3,5-10,12H2. The first kappa shape index (κ1) is 15.3. The van der Waals surface area contributed by atoms with Crippen molar-refractivity contribution in [3.63, 3.8) is 0 Å². The highest BCUT2D eigenvalue weighted by Gasteiger charge is 2.21. The third-order valence-corrected chi connectivity index (χ3v) is 4.95. The summed E-state index contributed by atoms with van der Waals surface area (Å²) in [5.74, 6) is 0. The summed E-state index contributed by atoms with van der Waals surface area (Å²) in [6.07, 6.45) is 2.66. The Morgan fingerprint density at radius 1 is 1.19 bits per heavy atom. The van der Waals surface area contributed by atoms with Gasteiger partial charge in [0.2, 0.25) is 0 Å². The Hall–Kier alpha value is -0.620. The molecule has 0 unspecified atom stereocenters. The quantitative estimate of drug-likeness (QED) is 0.818. The van der Waals surface area contributed by atoms with Crippen LogP contribution in [0.5, 0.6) is 0 Å². The van der Waals surface area contributed by atoms with Crippen molar-refractivity contribution >= 4 is 21.6 Å². The van der Waals surface area contributed by atoms with Crippen LogP contribution in [0, 0.1) is 0 Å². The molecule has 21 heavy (non-hydrogen) atoms. The molecule has 0 spiro atoms. The van der Waals surface area contributed by atoms with Crippen molar-refractivity contribution in [2.45, 2.75) is 25.4 Å². The van der Waals surface area contributed by atoms with Gasteiger partial charge in [0.25, 0.3) is 0 Å². The summed E-state index contributed by atoms with van der Waals surface area (Å²) in [5.41, 5.74) is 2.63. The number of hydrogen-bond acceptors (Lipinski definition) is 4. The van der Waals surface area contributed by atoms with Crippen LogP contribution in [-0.2, 0) is 6.54 Å². The van der Waals surface area contributed by atoms with Crippen LogP contribution in [0.25, 0.3) is 0 Å². The van der Waals surface area contributed by atoms with Crippen molar-refractivity contribution in [3.05, 3.63) is 28.2 Å². The molecule has 4 nitrogen and oxygen atoms in total. The molecule has 2 fully saturated rings. The minimum absolute atomic E-state index is 0.256. The summed E-state index contributed by atoms with van der Waals surface area (Å²) in [7, 11) is 0. The highest BCUT2D eigenvalue weighted by Crippen LogP contribution is 2.28. The van der Waals surface area contributed by atoms with Gasteiger partial charge < -0.3 is 15.3 Å². The van der Waals surface area contributed by atoms with E-state index in [-0.39, 0.29) is 6.61 Å². The lowest BCUT2D eigenvalue weighted by molar-refractivity contribution is 0.188. The molecular weight excluding hydrogens is 330 g/mol. The molecule has 0 atom stereocenters. The first-order valence-electron chi connectivity index (χ1n) is 7.86. The van der Waals surface area contributed by atoms with Gasteiger partial charge in [0, 0.05) is 49.8 Å². The zero-order valence-electron chi connectivity index (χ0n) is 12.4. The van der Waals surface area contributed by atoms with Crippen LogP contribution < -0.4 is 10.2 Å². The predicted molar refractivity (Wildman–Crippen MR) is 89.7 cm³/mol. The number of β-amino-alcohol motifs (C(OH)–C–C–N with tert-alkyl or cyclic N) is 1. The molecule has 1 heterocycles. The van der Waals surface area contributed by atoms with E-state index in [1.54, 1.807) is 0 Å². The Kier molecular flexibility index (Phi) is 5.16. The minimum Gasteiger partial charge on any atom is -0.395 e. The molecule has 1 saturated heterocycles. The molecule has 1 aromatic rings. The predicted octanol–water partition coefficient (Wildman–Crippen LogP) is 1.82. The molecule has 2 aliphatic rings. The summed E-state index contributed by atoms with van der Waals surface area (Å²) in [6.45, 7) is 6.12. The van der Waals surface area contributed by atoms with E-state index in [0.717, 1.165) is 45.3 Å². The Bertz CT molecular complexity index is 471. The largest absolute Gasteiger partial charge is 0.395 e. The number of nitrogens with zero attached hydrogens (tertiary/aromatic N) is 2. The van der Waals surface area contributed by atoms with Gasteiger partial charge in [-0.05, 0) is 46.5 Å². The van der Waals surface area contributed by atoms with Crippen LogP contribution in [0.2, 0.25) is 0 Å². The second kappa shape index (κ2) is 7.09. The number of benzene rings is 1. The fourth-order valence-corrected chi connectivity index (χ4v) is 3.50. The first-order chi connectivity index (χ1) is 10.3. The molecule has 1 aliphatic heterocycles. The Morgan fingerprint density at radius 2 is 1.95 bits per heavy atom. The summed E-state index contributed by atoms with van der Waals surface area (Å²) in [6, 6.07) is 7.46. The number of piperazine rings is 1. The molecule has 116 valence electrons. The number of rotatable bonds is 6. The minimum atomic E-state index is 0.256. The van der Waals surface area contributed by atoms with Crippen molar-refractivity contribution in [3.8, 4) is 0 Å². The van der Waals surface area contributed by atoms with Crippen molar-refractivity contribution in [2.75, 3.05) is 44.2 Å². The van der Waals surface area contributed by atoms with E-state index in [1.165, 1.54) is 28.6 Å². The van der Waals surface area contributed by atoms with Crippen LogP contribution >= 0.6 is 15.9 Å². The van der Waals surface area contributed by atoms with Gasteiger partial charge in [-0.25, -0.2) is 0 Å². The SMILES string of the molecule is OCCN1CCN(c2ccc(CNC3CC3)cc2Br)CC1. The van der Waals surface area contributed by atoms with E-state index in [0.29, 0.717) is 0 Å². The van der Waals surface area contributed by atoms with Crippen LogP contribution in [-0.4, -0.2) is 55.4 Å². The molecule has 1 aliphatic carbocycles. The maximum atomic E-state index is 9.00. The van der Waals surface area contributed by atoms with Gasteiger partial charge >= 0.3 is 0 Å². The molecule has 0 bridgehead atoms. The fraction of sp³-hybridized carbons (Fsp3) is 0.625. The van der Waals surface area contributed by atoms with Gasteiger partial charge in [-0.1, -0.05) is 6.07 Å². The monoisotopic (exact) mass is 353 g/mol. The second-order valence-corrected chi connectivity index (χ2v) is 6.85. The van der Waals surface area contributed by atoms with E-state index in [9.17, 15) is 0 Å². The summed E-state index contributed by atoms with van der Waals surface area (Å²) in [4.78, 5) is 4.74.